The fraction of sp³-hybridized carbons (Fsp3) is 0.222. The van der Waals surface area contributed by atoms with Gasteiger partial charge in [0.15, 0.2) is 9.84 Å². The smallest absolute Gasteiger partial charge is 0.287 e. The van der Waals surface area contributed by atoms with Crippen LogP contribution in [0, 0.1) is 10.1 Å². The van der Waals surface area contributed by atoms with Crippen LogP contribution in [0.5, 0.6) is 0 Å². The molecule has 0 saturated heterocycles. The molecule has 2 rings (SSSR count). The molecule has 1 aromatic rings. The highest BCUT2D eigenvalue weighted by molar-refractivity contribution is 7.94. The van der Waals surface area contributed by atoms with Crippen LogP contribution in [0.15, 0.2) is 29.8 Å². The van der Waals surface area contributed by atoms with Crippen molar-refractivity contribution in [3.05, 3.63) is 39.9 Å². The third-order valence-corrected chi connectivity index (χ3v) is 3.62. The molecular weight excluding hydrogens is 246 g/mol. The second kappa shape index (κ2) is 4.13. The van der Waals surface area contributed by atoms with Gasteiger partial charge in [-0.15, -0.1) is 0 Å². The fourth-order valence-electron chi connectivity index (χ4n) is 1.44. The molecule has 0 saturated carbocycles. The number of aromatic nitrogens is 1. The van der Waals surface area contributed by atoms with Crippen LogP contribution in [0.4, 0.5) is 11.5 Å². The highest BCUT2D eigenvalue weighted by Gasteiger charge is 2.21. The van der Waals surface area contributed by atoms with Crippen LogP contribution >= 0.6 is 0 Å². The lowest BCUT2D eigenvalue weighted by atomic mass is 10.3. The summed E-state index contributed by atoms with van der Waals surface area (Å²) in [6.07, 6.45) is 2.65. The van der Waals surface area contributed by atoms with E-state index in [1.807, 2.05) is 0 Å². The van der Waals surface area contributed by atoms with Crippen molar-refractivity contribution in [1.29, 1.82) is 0 Å². The number of nitrogens with one attached hydrogen (secondary N) is 1. The maximum Gasteiger partial charge on any atom is 0.287 e. The van der Waals surface area contributed by atoms with E-state index in [9.17, 15) is 18.5 Å². The van der Waals surface area contributed by atoms with Gasteiger partial charge in [-0.25, -0.2) is 13.4 Å². The second-order valence-electron chi connectivity index (χ2n) is 3.57. The minimum Gasteiger partial charge on any atom is -0.363 e. The molecule has 0 amide bonds. The van der Waals surface area contributed by atoms with Gasteiger partial charge < -0.3 is 5.32 Å². The van der Waals surface area contributed by atoms with Crippen LogP contribution in [0.3, 0.4) is 0 Å². The molecule has 2 heterocycles. The number of rotatable bonds is 3. The van der Waals surface area contributed by atoms with E-state index in [0.717, 1.165) is 11.6 Å². The zero-order chi connectivity index (χ0) is 12.5. The highest BCUT2D eigenvalue weighted by atomic mass is 32.2. The molecule has 1 aliphatic heterocycles. The Bertz CT molecular complexity index is 564. The minimum absolute atomic E-state index is 0.0222. The van der Waals surface area contributed by atoms with Gasteiger partial charge in [0.25, 0.3) is 5.69 Å². The summed E-state index contributed by atoms with van der Waals surface area (Å²) in [6, 6.07) is 2.41. The minimum atomic E-state index is -3.12. The molecule has 1 N–H and O–H groups in total. The highest BCUT2D eigenvalue weighted by Crippen LogP contribution is 2.16. The van der Waals surface area contributed by atoms with Crippen molar-refractivity contribution >= 4 is 21.3 Å². The first kappa shape index (κ1) is 11.5. The average molecular weight is 255 g/mol. The lowest BCUT2D eigenvalue weighted by molar-refractivity contribution is -0.385. The Labute approximate surface area is 97.2 Å². The number of pyridine rings is 1. The second-order valence-corrected chi connectivity index (χ2v) is 5.50. The van der Waals surface area contributed by atoms with E-state index in [1.54, 1.807) is 0 Å². The maximum absolute atomic E-state index is 11.1. The first-order valence-corrected chi connectivity index (χ1v) is 6.46. The van der Waals surface area contributed by atoms with Gasteiger partial charge in [0.05, 0.1) is 16.7 Å². The lowest BCUT2D eigenvalue weighted by Crippen LogP contribution is -2.21. The number of hydrogen-bond donors (Lipinski definition) is 1. The van der Waals surface area contributed by atoms with Gasteiger partial charge in [-0.2, -0.15) is 0 Å². The third kappa shape index (κ3) is 2.78. The van der Waals surface area contributed by atoms with Gasteiger partial charge >= 0.3 is 0 Å². The quantitative estimate of drug-likeness (QED) is 0.630. The first-order valence-electron chi connectivity index (χ1n) is 4.74. The lowest BCUT2D eigenvalue weighted by Gasteiger charge is -2.09. The van der Waals surface area contributed by atoms with Crippen molar-refractivity contribution in [1.82, 2.24) is 4.98 Å². The Balaban J connectivity index is 2.06. The third-order valence-electron chi connectivity index (χ3n) is 2.22. The predicted molar refractivity (Wildman–Crippen MR) is 61.2 cm³/mol. The van der Waals surface area contributed by atoms with Crippen molar-refractivity contribution in [3.63, 3.8) is 0 Å². The van der Waals surface area contributed by atoms with E-state index in [2.05, 4.69) is 10.3 Å². The summed E-state index contributed by atoms with van der Waals surface area (Å²) >= 11 is 0. The molecular formula is C9H9N3O4S. The van der Waals surface area contributed by atoms with Crippen molar-refractivity contribution in [2.24, 2.45) is 0 Å². The van der Waals surface area contributed by atoms with Crippen molar-refractivity contribution in [2.45, 2.75) is 6.04 Å². The van der Waals surface area contributed by atoms with Crippen molar-refractivity contribution < 1.29 is 13.3 Å². The molecule has 90 valence electrons. The molecule has 1 unspecified atom stereocenters. The van der Waals surface area contributed by atoms with Gasteiger partial charge in [-0.05, 0) is 12.1 Å². The molecule has 0 spiro atoms. The van der Waals surface area contributed by atoms with Gasteiger partial charge in [0.2, 0.25) is 0 Å². The van der Waals surface area contributed by atoms with Crippen LogP contribution in [-0.4, -0.2) is 30.1 Å². The van der Waals surface area contributed by atoms with E-state index in [-0.39, 0.29) is 17.5 Å². The number of nitro groups is 1. The Kier molecular flexibility index (Phi) is 2.80. The van der Waals surface area contributed by atoms with E-state index in [0.29, 0.717) is 5.82 Å². The van der Waals surface area contributed by atoms with E-state index >= 15 is 0 Å². The van der Waals surface area contributed by atoms with Crippen LogP contribution in [0.2, 0.25) is 0 Å². The number of sulfone groups is 1. The normalized spacial score (nSPS) is 21.3. The zero-order valence-corrected chi connectivity index (χ0v) is 9.42. The SMILES string of the molecule is O=[N+]([O-])c1ccc(NC2C=CS(=O)(=O)C2)nc1. The molecule has 0 fully saturated rings. The molecule has 0 aliphatic carbocycles. The van der Waals surface area contributed by atoms with Gasteiger partial charge in [0, 0.05) is 11.5 Å². The molecule has 0 bridgehead atoms. The summed E-state index contributed by atoms with van der Waals surface area (Å²) in [6.45, 7) is 0. The molecule has 1 aromatic heterocycles. The van der Waals surface area contributed by atoms with Crippen LogP contribution in [0.1, 0.15) is 0 Å². The van der Waals surface area contributed by atoms with Gasteiger partial charge in [0.1, 0.15) is 12.0 Å². The molecule has 7 nitrogen and oxygen atoms in total. The summed E-state index contributed by atoms with van der Waals surface area (Å²) in [5, 5.41) is 14.4. The Morgan fingerprint density at radius 2 is 2.24 bits per heavy atom. The maximum atomic E-state index is 11.1. The Morgan fingerprint density at radius 1 is 1.47 bits per heavy atom. The Morgan fingerprint density at radius 3 is 2.71 bits per heavy atom. The van der Waals surface area contributed by atoms with Gasteiger partial charge in [-0.3, -0.25) is 10.1 Å². The number of nitrogens with zero attached hydrogens (tertiary/aromatic N) is 2. The molecule has 17 heavy (non-hydrogen) atoms. The van der Waals surface area contributed by atoms with Crippen LogP contribution < -0.4 is 5.32 Å². The van der Waals surface area contributed by atoms with Crippen LogP contribution in [-0.2, 0) is 9.84 Å². The van der Waals surface area contributed by atoms with Crippen LogP contribution in [0.25, 0.3) is 0 Å². The van der Waals surface area contributed by atoms with Crippen molar-refractivity contribution in [3.8, 4) is 0 Å². The van der Waals surface area contributed by atoms with E-state index in [1.165, 1.54) is 18.2 Å². The monoisotopic (exact) mass is 255 g/mol. The molecule has 0 aromatic carbocycles. The van der Waals surface area contributed by atoms with E-state index < -0.39 is 14.8 Å². The summed E-state index contributed by atoms with van der Waals surface area (Å²) in [5.74, 6) is 0.383. The molecule has 0 radical (unpaired) electrons. The fourth-order valence-corrected chi connectivity index (χ4v) is 2.67. The molecule has 1 aliphatic rings. The van der Waals surface area contributed by atoms with Gasteiger partial charge in [-0.1, -0.05) is 0 Å². The summed E-state index contributed by atoms with van der Waals surface area (Å²) < 4.78 is 22.3. The summed E-state index contributed by atoms with van der Waals surface area (Å²) in [7, 11) is -3.12. The number of hydrogen-bond acceptors (Lipinski definition) is 6. The molecule has 1 atom stereocenters. The average Bonchev–Trinajstić information content (AvgIpc) is 2.59. The summed E-state index contributed by atoms with van der Waals surface area (Å²) in [4.78, 5) is 13.7. The Hall–Kier alpha value is -1.96. The molecule has 8 heteroatoms. The largest absolute Gasteiger partial charge is 0.363 e. The summed E-state index contributed by atoms with van der Waals surface area (Å²) in [5.41, 5.74) is -0.106. The zero-order valence-electron chi connectivity index (χ0n) is 8.61. The first-order chi connectivity index (χ1) is 7.96. The predicted octanol–water partition coefficient (Wildman–Crippen LogP) is 0.712. The standard InChI is InChI=1S/C9H9N3O4S/c13-12(14)8-1-2-9(10-5-8)11-7-3-4-17(15,16)6-7/h1-5,7H,6H2,(H,10,11). The van der Waals surface area contributed by atoms with Crippen molar-refractivity contribution in [2.75, 3.05) is 11.1 Å². The topological polar surface area (TPSA) is 102 Å². The number of anilines is 1. The van der Waals surface area contributed by atoms with E-state index in [4.69, 9.17) is 0 Å².